The fraction of sp³-hybridized carbons (Fsp3) is 0.316. The molecule has 0 saturated carbocycles. The molecular weight excluding hydrogens is 286 g/mol. The molecule has 3 rings (SSSR count). The predicted molar refractivity (Wildman–Crippen MR) is 94.8 cm³/mol. The van der Waals surface area contributed by atoms with Crippen molar-refractivity contribution in [3.63, 3.8) is 0 Å². The molecule has 0 aliphatic heterocycles. The lowest BCUT2D eigenvalue weighted by molar-refractivity contribution is 0.398. The van der Waals surface area contributed by atoms with Gasteiger partial charge in [-0.15, -0.1) is 0 Å². The molecule has 0 amide bonds. The van der Waals surface area contributed by atoms with Crippen LogP contribution in [0.3, 0.4) is 0 Å². The molecule has 4 nitrogen and oxygen atoms in total. The van der Waals surface area contributed by atoms with Gasteiger partial charge < -0.3 is 15.5 Å². The number of methoxy groups -OCH3 is 1. The Bertz CT molecular complexity index is 807. The number of rotatable bonds is 6. The first kappa shape index (κ1) is 15.6. The van der Waals surface area contributed by atoms with Crippen LogP contribution in [0.4, 0.5) is 0 Å². The minimum Gasteiger partial charge on any atom is -0.481 e. The first-order valence-corrected chi connectivity index (χ1v) is 8.05. The Balaban J connectivity index is 2.11. The lowest BCUT2D eigenvalue weighted by Gasteiger charge is -2.06. The van der Waals surface area contributed by atoms with E-state index >= 15 is 0 Å². The van der Waals surface area contributed by atoms with Crippen LogP contribution < -0.4 is 10.5 Å². The quantitative estimate of drug-likeness (QED) is 0.680. The molecule has 0 bridgehead atoms. The summed E-state index contributed by atoms with van der Waals surface area (Å²) in [5.41, 5.74) is 11.4. The predicted octanol–water partition coefficient (Wildman–Crippen LogP) is 3.83. The van der Waals surface area contributed by atoms with Crippen LogP contribution in [0.25, 0.3) is 22.3 Å². The maximum atomic E-state index is 5.66. The molecule has 0 spiro atoms. The summed E-state index contributed by atoms with van der Waals surface area (Å²) in [6.45, 7) is 2.85. The van der Waals surface area contributed by atoms with Crippen LogP contribution in [0, 0.1) is 6.92 Å². The lowest BCUT2D eigenvalue weighted by atomic mass is 10.0. The molecule has 4 heteroatoms. The van der Waals surface area contributed by atoms with Crippen LogP contribution in [-0.4, -0.2) is 23.6 Å². The molecule has 0 saturated heterocycles. The van der Waals surface area contributed by atoms with Crippen molar-refractivity contribution in [1.29, 1.82) is 0 Å². The monoisotopic (exact) mass is 309 g/mol. The van der Waals surface area contributed by atoms with Crippen molar-refractivity contribution < 1.29 is 4.74 Å². The molecule has 1 aromatic carbocycles. The molecule has 3 aromatic rings. The Labute approximate surface area is 136 Å². The molecule has 0 aliphatic carbocycles. The Hall–Kier alpha value is -2.33. The van der Waals surface area contributed by atoms with E-state index in [1.807, 2.05) is 18.2 Å². The summed E-state index contributed by atoms with van der Waals surface area (Å²) >= 11 is 0. The fourth-order valence-corrected chi connectivity index (χ4v) is 2.95. The highest BCUT2D eigenvalue weighted by Crippen LogP contribution is 2.32. The number of nitrogens with zero attached hydrogens (tertiary/aromatic N) is 1. The van der Waals surface area contributed by atoms with E-state index in [4.69, 9.17) is 10.5 Å². The van der Waals surface area contributed by atoms with Crippen molar-refractivity contribution in [1.82, 2.24) is 9.97 Å². The first-order valence-electron chi connectivity index (χ1n) is 8.05. The van der Waals surface area contributed by atoms with Gasteiger partial charge in [0.1, 0.15) is 0 Å². The number of nitrogens with one attached hydrogen (secondary N) is 1. The molecular formula is C19H23N3O. The van der Waals surface area contributed by atoms with Gasteiger partial charge in [-0.2, -0.15) is 0 Å². The van der Waals surface area contributed by atoms with Crippen molar-refractivity contribution >= 4 is 10.9 Å². The number of hydrogen-bond donors (Lipinski definition) is 2. The zero-order valence-electron chi connectivity index (χ0n) is 13.7. The van der Waals surface area contributed by atoms with E-state index in [0.29, 0.717) is 5.88 Å². The summed E-state index contributed by atoms with van der Waals surface area (Å²) in [5, 5.41) is 1.28. The van der Waals surface area contributed by atoms with Gasteiger partial charge in [0.05, 0.1) is 18.5 Å². The number of pyridine rings is 1. The molecule has 3 N–H and O–H groups in total. The molecule has 0 unspecified atom stereocenters. The summed E-state index contributed by atoms with van der Waals surface area (Å²) in [6.07, 6.45) is 3.10. The molecule has 0 atom stereocenters. The maximum absolute atomic E-state index is 5.66. The first-order chi connectivity index (χ1) is 11.2. The zero-order chi connectivity index (χ0) is 16.2. The number of benzene rings is 1. The lowest BCUT2D eigenvalue weighted by Crippen LogP contribution is -1.99. The molecule has 0 fully saturated rings. The van der Waals surface area contributed by atoms with E-state index in [-0.39, 0.29) is 0 Å². The van der Waals surface area contributed by atoms with Gasteiger partial charge in [-0.25, -0.2) is 4.98 Å². The topological polar surface area (TPSA) is 63.9 Å². The summed E-state index contributed by atoms with van der Waals surface area (Å²) in [5.74, 6) is 0.630. The third kappa shape index (κ3) is 3.22. The van der Waals surface area contributed by atoms with Crippen molar-refractivity contribution in [2.24, 2.45) is 5.73 Å². The number of nitrogens with two attached hydrogens (primary N) is 1. The van der Waals surface area contributed by atoms with Gasteiger partial charge in [0.15, 0.2) is 0 Å². The van der Waals surface area contributed by atoms with Gasteiger partial charge in [0.25, 0.3) is 0 Å². The smallest absolute Gasteiger partial charge is 0.213 e. The minimum absolute atomic E-state index is 0.630. The highest BCUT2D eigenvalue weighted by Gasteiger charge is 2.14. The fourth-order valence-electron chi connectivity index (χ4n) is 2.95. The number of aryl methyl sites for hydroxylation is 2. The van der Waals surface area contributed by atoms with Crippen LogP contribution in [0.1, 0.15) is 24.0 Å². The number of hydrogen-bond acceptors (Lipinski definition) is 3. The number of ether oxygens (including phenoxy) is 1. The SMILES string of the molecule is COc1cccc(-c2[nH]c3ccc(C)cc3c2CCCCN)n1. The van der Waals surface area contributed by atoms with Gasteiger partial charge in [-0.1, -0.05) is 17.7 Å². The van der Waals surface area contributed by atoms with Gasteiger partial charge in [0.2, 0.25) is 5.88 Å². The second-order valence-corrected chi connectivity index (χ2v) is 5.84. The van der Waals surface area contributed by atoms with Gasteiger partial charge in [0, 0.05) is 17.0 Å². The molecule has 0 aliphatic rings. The molecule has 2 aromatic heterocycles. The number of aromatic amines is 1. The Morgan fingerprint density at radius 2 is 2.04 bits per heavy atom. The Kier molecular flexibility index (Phi) is 4.63. The maximum Gasteiger partial charge on any atom is 0.213 e. The Morgan fingerprint density at radius 1 is 1.17 bits per heavy atom. The average Bonchev–Trinajstić information content (AvgIpc) is 2.93. The number of H-pyrrole nitrogens is 1. The normalized spacial score (nSPS) is 11.1. The average molecular weight is 309 g/mol. The zero-order valence-corrected chi connectivity index (χ0v) is 13.7. The van der Waals surface area contributed by atoms with Gasteiger partial charge >= 0.3 is 0 Å². The van der Waals surface area contributed by atoms with Crippen LogP contribution in [0.5, 0.6) is 5.88 Å². The molecule has 120 valence electrons. The van der Waals surface area contributed by atoms with E-state index in [1.165, 1.54) is 16.5 Å². The summed E-state index contributed by atoms with van der Waals surface area (Å²) in [7, 11) is 1.64. The van der Waals surface area contributed by atoms with Crippen molar-refractivity contribution in [2.45, 2.75) is 26.2 Å². The van der Waals surface area contributed by atoms with E-state index in [1.54, 1.807) is 7.11 Å². The second-order valence-electron chi connectivity index (χ2n) is 5.84. The van der Waals surface area contributed by atoms with Crippen LogP contribution in [-0.2, 0) is 6.42 Å². The van der Waals surface area contributed by atoms with Crippen molar-refractivity contribution in [3.05, 3.63) is 47.5 Å². The standard InChI is InChI=1S/C19H23N3O/c1-13-9-10-16-15(12-13)14(6-3-4-11-20)19(22-16)17-7-5-8-18(21-17)23-2/h5,7-10,12,22H,3-4,6,11,20H2,1-2H3. The van der Waals surface area contributed by atoms with Crippen molar-refractivity contribution in [3.8, 4) is 17.3 Å². The third-order valence-corrected chi connectivity index (χ3v) is 4.13. The molecule has 23 heavy (non-hydrogen) atoms. The summed E-state index contributed by atoms with van der Waals surface area (Å²) in [6, 6.07) is 12.4. The van der Waals surface area contributed by atoms with Gasteiger partial charge in [-0.3, -0.25) is 0 Å². The van der Waals surface area contributed by atoms with E-state index < -0.39 is 0 Å². The number of fused-ring (bicyclic) bond motifs is 1. The summed E-state index contributed by atoms with van der Waals surface area (Å²) in [4.78, 5) is 8.13. The van der Waals surface area contributed by atoms with Crippen molar-refractivity contribution in [2.75, 3.05) is 13.7 Å². The second kappa shape index (κ2) is 6.84. The number of aromatic nitrogens is 2. The third-order valence-electron chi connectivity index (χ3n) is 4.13. The Morgan fingerprint density at radius 3 is 2.83 bits per heavy atom. The summed E-state index contributed by atoms with van der Waals surface area (Å²) < 4.78 is 5.27. The van der Waals surface area contributed by atoms with Crippen LogP contribution in [0.2, 0.25) is 0 Å². The molecule has 2 heterocycles. The highest BCUT2D eigenvalue weighted by molar-refractivity contribution is 5.90. The van der Waals surface area contributed by atoms with Gasteiger partial charge in [-0.05, 0) is 56.5 Å². The molecule has 0 radical (unpaired) electrons. The minimum atomic E-state index is 0.630. The van der Waals surface area contributed by atoms with E-state index in [0.717, 1.165) is 42.7 Å². The highest BCUT2D eigenvalue weighted by atomic mass is 16.5. The number of unbranched alkanes of at least 4 members (excludes halogenated alkanes) is 1. The van der Waals surface area contributed by atoms with E-state index in [9.17, 15) is 0 Å². The van der Waals surface area contributed by atoms with Crippen LogP contribution in [0.15, 0.2) is 36.4 Å². The van der Waals surface area contributed by atoms with Crippen LogP contribution >= 0.6 is 0 Å². The largest absolute Gasteiger partial charge is 0.481 e. The van der Waals surface area contributed by atoms with E-state index in [2.05, 4.69) is 35.1 Å².